The number of nitrogens with zero attached hydrogens (tertiary/aromatic N) is 3. The van der Waals surface area contributed by atoms with Crippen molar-refractivity contribution >= 4 is 11.7 Å². The molecule has 2 fully saturated rings. The molecule has 0 bridgehead atoms. The van der Waals surface area contributed by atoms with Crippen molar-refractivity contribution < 1.29 is 19.0 Å². The van der Waals surface area contributed by atoms with E-state index in [2.05, 4.69) is 16.9 Å². The predicted octanol–water partition coefficient (Wildman–Crippen LogP) is 2.65. The number of anilines is 1. The van der Waals surface area contributed by atoms with E-state index in [1.807, 2.05) is 31.2 Å². The SMILES string of the molecule is CCc1nc(C)cc2c1CN(c1cccc(O[C@H]3COC4OCC[C@H]43)n1)C2=O. The molecular weight excluding hydrogens is 358 g/mol. The molecule has 5 heterocycles. The van der Waals surface area contributed by atoms with Crippen molar-refractivity contribution in [3.8, 4) is 5.88 Å². The maximum absolute atomic E-state index is 13.0. The Labute approximate surface area is 163 Å². The van der Waals surface area contributed by atoms with E-state index < -0.39 is 0 Å². The van der Waals surface area contributed by atoms with Gasteiger partial charge in [0.25, 0.3) is 5.91 Å². The van der Waals surface area contributed by atoms with Gasteiger partial charge in [0.2, 0.25) is 5.88 Å². The highest BCUT2D eigenvalue weighted by atomic mass is 16.7. The maximum atomic E-state index is 13.0. The van der Waals surface area contributed by atoms with Crippen LogP contribution in [0.1, 0.15) is 40.7 Å². The van der Waals surface area contributed by atoms with E-state index in [9.17, 15) is 4.79 Å². The Bertz CT molecular complexity index is 932. The van der Waals surface area contributed by atoms with Crippen molar-refractivity contribution in [2.45, 2.75) is 45.6 Å². The van der Waals surface area contributed by atoms with E-state index in [1.165, 1.54) is 0 Å². The zero-order chi connectivity index (χ0) is 19.3. The summed E-state index contributed by atoms with van der Waals surface area (Å²) in [4.78, 5) is 23.9. The summed E-state index contributed by atoms with van der Waals surface area (Å²) in [5, 5.41) is 0. The van der Waals surface area contributed by atoms with Crippen molar-refractivity contribution in [2.24, 2.45) is 5.92 Å². The zero-order valence-electron chi connectivity index (χ0n) is 16.1. The molecule has 3 aliphatic rings. The van der Waals surface area contributed by atoms with Gasteiger partial charge in [0.15, 0.2) is 6.29 Å². The molecule has 0 radical (unpaired) electrons. The molecule has 1 amide bonds. The van der Waals surface area contributed by atoms with Crippen LogP contribution in [0.5, 0.6) is 5.88 Å². The quantitative estimate of drug-likeness (QED) is 0.811. The first kappa shape index (κ1) is 17.6. The number of aromatic nitrogens is 2. The maximum Gasteiger partial charge on any atom is 0.260 e. The van der Waals surface area contributed by atoms with Crippen LogP contribution in [0.2, 0.25) is 0 Å². The standard InChI is InChI=1S/C21H23N3O4/c1-3-16-15-10-24(20(25)14(15)9-12(2)22-16)18-5-4-6-19(23-18)28-17-11-27-21-13(17)7-8-26-21/h4-6,9,13,17,21H,3,7-8,10-11H2,1-2H3/t13-,17-,21?/m0/s1. The van der Waals surface area contributed by atoms with Gasteiger partial charge in [-0.2, -0.15) is 4.98 Å². The third kappa shape index (κ3) is 2.86. The highest BCUT2D eigenvalue weighted by Crippen LogP contribution is 2.34. The molecule has 0 spiro atoms. The van der Waals surface area contributed by atoms with Crippen LogP contribution in [0.25, 0.3) is 0 Å². The Hall–Kier alpha value is -2.51. The lowest BCUT2D eigenvalue weighted by Gasteiger charge is -2.19. The van der Waals surface area contributed by atoms with Gasteiger partial charge in [-0.3, -0.25) is 14.7 Å². The van der Waals surface area contributed by atoms with Crippen molar-refractivity contribution in [1.82, 2.24) is 9.97 Å². The van der Waals surface area contributed by atoms with Crippen LogP contribution in [0, 0.1) is 12.8 Å². The second kappa shape index (κ2) is 6.83. The molecule has 1 unspecified atom stereocenters. The summed E-state index contributed by atoms with van der Waals surface area (Å²) in [5.41, 5.74) is 3.58. The topological polar surface area (TPSA) is 73.8 Å². The molecule has 146 valence electrons. The van der Waals surface area contributed by atoms with Gasteiger partial charge in [-0.05, 0) is 31.9 Å². The van der Waals surface area contributed by atoms with Gasteiger partial charge in [0.05, 0.1) is 25.7 Å². The number of aryl methyl sites for hydroxylation is 2. The second-order valence-corrected chi connectivity index (χ2v) is 7.50. The Morgan fingerprint density at radius 2 is 2.18 bits per heavy atom. The summed E-state index contributed by atoms with van der Waals surface area (Å²) in [5.74, 6) is 1.31. The summed E-state index contributed by atoms with van der Waals surface area (Å²) in [7, 11) is 0. The highest BCUT2D eigenvalue weighted by molar-refractivity contribution is 6.09. The van der Waals surface area contributed by atoms with Crippen molar-refractivity contribution in [2.75, 3.05) is 18.1 Å². The normalized spacial score (nSPS) is 25.9. The number of fused-ring (bicyclic) bond motifs is 2. The molecule has 0 N–H and O–H groups in total. The number of carbonyl (C=O) groups is 1. The molecular formula is C21H23N3O4. The average molecular weight is 381 g/mol. The predicted molar refractivity (Wildman–Crippen MR) is 101 cm³/mol. The van der Waals surface area contributed by atoms with Crippen LogP contribution >= 0.6 is 0 Å². The van der Waals surface area contributed by atoms with Gasteiger partial charge >= 0.3 is 0 Å². The summed E-state index contributed by atoms with van der Waals surface area (Å²) >= 11 is 0. The molecule has 28 heavy (non-hydrogen) atoms. The Morgan fingerprint density at radius 1 is 1.29 bits per heavy atom. The first-order valence-corrected chi connectivity index (χ1v) is 9.82. The molecule has 0 aliphatic carbocycles. The van der Waals surface area contributed by atoms with Crippen LogP contribution in [0.15, 0.2) is 24.3 Å². The van der Waals surface area contributed by atoms with Crippen molar-refractivity contribution in [1.29, 1.82) is 0 Å². The largest absolute Gasteiger partial charge is 0.471 e. The minimum Gasteiger partial charge on any atom is -0.471 e. The third-order valence-corrected chi connectivity index (χ3v) is 5.71. The van der Waals surface area contributed by atoms with Gasteiger partial charge < -0.3 is 14.2 Å². The lowest BCUT2D eigenvalue weighted by Crippen LogP contribution is -2.27. The van der Waals surface area contributed by atoms with E-state index in [1.54, 1.807) is 4.90 Å². The smallest absolute Gasteiger partial charge is 0.260 e. The monoisotopic (exact) mass is 381 g/mol. The fourth-order valence-corrected chi connectivity index (χ4v) is 4.31. The van der Waals surface area contributed by atoms with Crippen LogP contribution in [-0.2, 0) is 22.4 Å². The Kier molecular flexibility index (Phi) is 4.29. The van der Waals surface area contributed by atoms with Crippen LogP contribution < -0.4 is 9.64 Å². The first-order valence-electron chi connectivity index (χ1n) is 9.82. The van der Waals surface area contributed by atoms with Gasteiger partial charge in [-0.1, -0.05) is 13.0 Å². The second-order valence-electron chi connectivity index (χ2n) is 7.50. The minimum absolute atomic E-state index is 0.0340. The lowest BCUT2D eigenvalue weighted by atomic mass is 10.0. The molecule has 2 aromatic heterocycles. The molecule has 2 saturated heterocycles. The van der Waals surface area contributed by atoms with Gasteiger partial charge in [-0.15, -0.1) is 0 Å². The molecule has 0 aromatic carbocycles. The van der Waals surface area contributed by atoms with Crippen LogP contribution in [-0.4, -0.2) is 41.5 Å². The summed E-state index contributed by atoms with van der Waals surface area (Å²) in [6.07, 6.45) is 1.50. The highest BCUT2D eigenvalue weighted by Gasteiger charge is 2.43. The summed E-state index contributed by atoms with van der Waals surface area (Å²) in [6, 6.07) is 7.41. The van der Waals surface area contributed by atoms with Crippen molar-refractivity contribution in [3.05, 3.63) is 46.8 Å². The number of hydrogen-bond donors (Lipinski definition) is 0. The van der Waals surface area contributed by atoms with E-state index in [0.717, 1.165) is 35.4 Å². The summed E-state index contributed by atoms with van der Waals surface area (Å²) < 4.78 is 17.3. The number of rotatable bonds is 4. The van der Waals surface area contributed by atoms with E-state index >= 15 is 0 Å². The lowest BCUT2D eigenvalue weighted by molar-refractivity contribution is -0.0906. The molecule has 2 aromatic rings. The van der Waals surface area contributed by atoms with Gasteiger partial charge in [-0.25, -0.2) is 0 Å². The fourth-order valence-electron chi connectivity index (χ4n) is 4.31. The van der Waals surface area contributed by atoms with Crippen LogP contribution in [0.4, 0.5) is 5.82 Å². The van der Waals surface area contributed by atoms with Gasteiger partial charge in [0.1, 0.15) is 11.9 Å². The first-order chi connectivity index (χ1) is 13.6. The van der Waals surface area contributed by atoms with Crippen LogP contribution in [0.3, 0.4) is 0 Å². The number of ether oxygens (including phenoxy) is 3. The van der Waals surface area contributed by atoms with E-state index in [0.29, 0.717) is 31.5 Å². The molecule has 3 atom stereocenters. The molecule has 7 heteroatoms. The molecule has 0 saturated carbocycles. The minimum atomic E-state index is -0.161. The van der Waals surface area contributed by atoms with Gasteiger partial charge in [0, 0.05) is 28.6 Å². The fraction of sp³-hybridized carbons (Fsp3) is 0.476. The molecule has 3 aliphatic heterocycles. The number of pyridine rings is 2. The molecule has 5 rings (SSSR count). The van der Waals surface area contributed by atoms with E-state index in [4.69, 9.17) is 14.2 Å². The number of hydrogen-bond acceptors (Lipinski definition) is 6. The number of carbonyl (C=O) groups excluding carboxylic acids is 1. The van der Waals surface area contributed by atoms with Crippen molar-refractivity contribution in [3.63, 3.8) is 0 Å². The molecule has 7 nitrogen and oxygen atoms in total. The Balaban J connectivity index is 1.39. The third-order valence-electron chi connectivity index (χ3n) is 5.71. The zero-order valence-corrected chi connectivity index (χ0v) is 16.1. The average Bonchev–Trinajstić information content (AvgIpc) is 3.39. The van der Waals surface area contributed by atoms with E-state index in [-0.39, 0.29) is 24.2 Å². The number of amides is 1. The Morgan fingerprint density at radius 3 is 3.04 bits per heavy atom. The summed E-state index contributed by atoms with van der Waals surface area (Å²) in [6.45, 7) is 5.68.